The van der Waals surface area contributed by atoms with Crippen molar-refractivity contribution in [1.29, 1.82) is 0 Å². The van der Waals surface area contributed by atoms with E-state index in [9.17, 15) is 0 Å². The zero-order chi connectivity index (χ0) is 7.15. The molecule has 0 heterocycles. The van der Waals surface area contributed by atoms with Gasteiger partial charge in [-0.05, 0) is 13.8 Å². The van der Waals surface area contributed by atoms with Crippen LogP contribution in [-0.4, -0.2) is 11.2 Å². The van der Waals surface area contributed by atoms with E-state index in [4.69, 9.17) is 33.9 Å². The monoisotopic (exact) mass is 358 g/mol. The van der Waals surface area contributed by atoms with E-state index >= 15 is 0 Å². The predicted octanol–water partition coefficient (Wildman–Crippen LogP) is 2.45. The summed E-state index contributed by atoms with van der Waals surface area (Å²) in [6, 6.07) is 0. The van der Waals surface area contributed by atoms with Crippen molar-refractivity contribution in [3.63, 3.8) is 0 Å². The Bertz CT molecular complexity index is 30.0. The molecule has 0 aliphatic heterocycles. The van der Waals surface area contributed by atoms with Gasteiger partial charge in [0.1, 0.15) is 0 Å². The number of rotatable bonds is 0. The Hall–Kier alpha value is 1.48. The van der Waals surface area contributed by atoms with Crippen LogP contribution in [0.3, 0.4) is 0 Å². The van der Waals surface area contributed by atoms with Crippen LogP contribution < -0.4 is 0 Å². The maximum atomic E-state index is 8.06. The van der Waals surface area contributed by atoms with Gasteiger partial charge in [0, 0.05) is 6.10 Å². The van der Waals surface area contributed by atoms with Crippen molar-refractivity contribution in [3.05, 3.63) is 0 Å². The van der Waals surface area contributed by atoms with Gasteiger partial charge in [0.2, 0.25) is 0 Å². The Kier molecular flexibility index (Phi) is 12.9. The van der Waals surface area contributed by atoms with Gasteiger partial charge < -0.3 is 5.11 Å². The number of halogens is 3. The SMILES string of the molecule is CC(C)O.[Cl][Ir]([Cl])[Cl]. The quantitative estimate of drug-likeness (QED) is 0.705. The predicted molar refractivity (Wildman–Crippen MR) is 34.9 cm³/mol. The molecule has 0 amide bonds. The third-order valence-electron chi connectivity index (χ3n) is 0. The summed E-state index contributed by atoms with van der Waals surface area (Å²) in [7, 11) is 14.9. The van der Waals surface area contributed by atoms with Gasteiger partial charge in [-0.25, -0.2) is 0 Å². The third-order valence-corrected chi connectivity index (χ3v) is 0. The van der Waals surface area contributed by atoms with Crippen LogP contribution in [0.4, 0.5) is 0 Å². The Morgan fingerprint density at radius 2 is 1.25 bits per heavy atom. The van der Waals surface area contributed by atoms with E-state index in [0.29, 0.717) is 0 Å². The molecule has 0 aliphatic carbocycles. The molecule has 0 rings (SSSR count). The fourth-order valence-corrected chi connectivity index (χ4v) is 0. The maximum absolute atomic E-state index is 8.06. The van der Waals surface area contributed by atoms with Gasteiger partial charge in [0.25, 0.3) is 0 Å². The molecule has 0 fully saturated rings. The Morgan fingerprint density at radius 3 is 1.25 bits per heavy atom. The van der Waals surface area contributed by atoms with E-state index in [0.717, 1.165) is 0 Å². The van der Waals surface area contributed by atoms with Gasteiger partial charge in [-0.3, -0.25) is 0 Å². The van der Waals surface area contributed by atoms with Gasteiger partial charge in [-0.2, -0.15) is 0 Å². The topological polar surface area (TPSA) is 20.2 Å². The van der Waals surface area contributed by atoms with Crippen LogP contribution in [-0.2, 0) is 13.5 Å². The Labute approximate surface area is 67.1 Å². The average Bonchev–Trinajstić information content (AvgIpc) is 1.25. The van der Waals surface area contributed by atoms with Gasteiger partial charge in [-0.1, -0.05) is 0 Å². The average molecular weight is 359 g/mol. The summed E-state index contributed by atoms with van der Waals surface area (Å²) in [6.07, 6.45) is -0.167. The minimum atomic E-state index is -1.92. The Balaban J connectivity index is 0. The molecule has 1 N–H and O–H groups in total. The molecule has 0 aromatic heterocycles. The number of aliphatic hydroxyl groups is 1. The third kappa shape index (κ3) is 143. The van der Waals surface area contributed by atoms with Crippen LogP contribution >= 0.6 is 28.8 Å². The van der Waals surface area contributed by atoms with Crippen LogP contribution in [0.15, 0.2) is 0 Å². The van der Waals surface area contributed by atoms with E-state index in [1.807, 2.05) is 0 Å². The molecule has 1 nitrogen and oxygen atoms in total. The number of hydrogen-bond acceptors (Lipinski definition) is 1. The molecule has 0 bridgehead atoms. The van der Waals surface area contributed by atoms with E-state index in [1.165, 1.54) is 0 Å². The Morgan fingerprint density at radius 1 is 1.25 bits per heavy atom. The first-order valence-corrected chi connectivity index (χ1v) is 10.7. The minimum absolute atomic E-state index is 0.167. The molecule has 0 spiro atoms. The van der Waals surface area contributed by atoms with Crippen molar-refractivity contribution in [2.24, 2.45) is 0 Å². The number of aliphatic hydroxyl groups excluding tert-OH is 1. The molecule has 0 saturated heterocycles. The van der Waals surface area contributed by atoms with Crippen LogP contribution in [0.1, 0.15) is 13.8 Å². The van der Waals surface area contributed by atoms with Gasteiger partial charge in [0.05, 0.1) is 0 Å². The van der Waals surface area contributed by atoms with Gasteiger partial charge in [0.15, 0.2) is 0 Å². The van der Waals surface area contributed by atoms with Crippen LogP contribution in [0.5, 0.6) is 0 Å². The molecule has 0 aliphatic rings. The molecule has 0 saturated carbocycles. The molecule has 0 atom stereocenters. The standard InChI is InChI=1S/C3H8O.3ClH.Ir/c1-3(2)4;;;;/h3-4H,1-2H3;3*1H;/q;;;;+3/p-3. The van der Waals surface area contributed by atoms with Gasteiger partial charge in [-0.15, -0.1) is 0 Å². The first-order chi connectivity index (χ1) is 3.46. The molecule has 0 aromatic carbocycles. The summed E-state index contributed by atoms with van der Waals surface area (Å²) < 4.78 is 0. The summed E-state index contributed by atoms with van der Waals surface area (Å²) in [5.41, 5.74) is 0. The van der Waals surface area contributed by atoms with E-state index in [1.54, 1.807) is 13.8 Å². The summed E-state index contributed by atoms with van der Waals surface area (Å²) >= 11 is -1.92. The molecular weight excluding hydrogens is 351 g/mol. The summed E-state index contributed by atoms with van der Waals surface area (Å²) in [5.74, 6) is 0. The second-order valence-corrected chi connectivity index (χ2v) is 11.6. The van der Waals surface area contributed by atoms with Crippen LogP contribution in [0.2, 0.25) is 0 Å². The zero-order valence-electron chi connectivity index (χ0n) is 4.49. The van der Waals surface area contributed by atoms with Gasteiger partial charge >= 0.3 is 42.2 Å². The molecule has 0 unspecified atom stereocenters. The molecule has 56 valence electrons. The van der Waals surface area contributed by atoms with Crippen molar-refractivity contribution in [2.75, 3.05) is 0 Å². The molecule has 8 heavy (non-hydrogen) atoms. The summed E-state index contributed by atoms with van der Waals surface area (Å²) in [6.45, 7) is 3.44. The second-order valence-electron chi connectivity index (χ2n) is 1.24. The molecule has 0 radical (unpaired) electrons. The van der Waals surface area contributed by atoms with E-state index < -0.39 is 13.5 Å². The van der Waals surface area contributed by atoms with Crippen molar-refractivity contribution in [1.82, 2.24) is 0 Å². The van der Waals surface area contributed by atoms with Crippen LogP contribution in [0, 0.1) is 0 Å². The molecule has 5 heteroatoms. The van der Waals surface area contributed by atoms with Crippen molar-refractivity contribution >= 4 is 28.8 Å². The normalized spacial score (nSPS) is 10.1. The fourth-order valence-electron chi connectivity index (χ4n) is 0. The molecule has 0 aromatic rings. The van der Waals surface area contributed by atoms with Crippen molar-refractivity contribution in [3.8, 4) is 0 Å². The summed E-state index contributed by atoms with van der Waals surface area (Å²) in [4.78, 5) is 0. The fraction of sp³-hybridized carbons (Fsp3) is 1.00. The summed E-state index contributed by atoms with van der Waals surface area (Å²) in [5, 5.41) is 8.06. The zero-order valence-corrected chi connectivity index (χ0v) is 9.15. The van der Waals surface area contributed by atoms with Crippen molar-refractivity contribution < 1.29 is 18.6 Å². The first kappa shape index (κ1) is 12.2. The molecular formula is C3H8Cl3IrO. The second kappa shape index (κ2) is 8.48. The van der Waals surface area contributed by atoms with E-state index in [-0.39, 0.29) is 6.10 Å². The first-order valence-electron chi connectivity index (χ1n) is 1.79. The van der Waals surface area contributed by atoms with Crippen LogP contribution in [0.25, 0.3) is 0 Å². The van der Waals surface area contributed by atoms with E-state index in [2.05, 4.69) is 0 Å². The number of hydrogen-bond donors (Lipinski definition) is 1. The van der Waals surface area contributed by atoms with Crippen molar-refractivity contribution in [2.45, 2.75) is 20.0 Å².